The number of nitrogens with zero attached hydrogens (tertiary/aromatic N) is 1. The Morgan fingerprint density at radius 2 is 2.12 bits per heavy atom. The third-order valence-corrected chi connectivity index (χ3v) is 2.30. The summed E-state index contributed by atoms with van der Waals surface area (Å²) >= 11 is 5.80. The first-order valence-corrected chi connectivity index (χ1v) is 5.50. The van der Waals surface area contributed by atoms with Crippen molar-refractivity contribution in [2.45, 2.75) is 19.2 Å². The van der Waals surface area contributed by atoms with Crippen molar-refractivity contribution in [1.29, 1.82) is 0 Å². The van der Waals surface area contributed by atoms with Gasteiger partial charge < -0.3 is 4.90 Å². The summed E-state index contributed by atoms with van der Waals surface area (Å²) in [6, 6.07) is 4.30. The molecule has 16 heavy (non-hydrogen) atoms. The molecular formula is C12H15ClFNO. The van der Waals surface area contributed by atoms with Crippen LogP contribution in [0.3, 0.4) is 0 Å². The van der Waals surface area contributed by atoms with Crippen molar-refractivity contribution in [3.05, 3.63) is 35.1 Å². The second kappa shape index (κ2) is 5.30. The Morgan fingerprint density at radius 3 is 2.62 bits per heavy atom. The molecule has 0 bridgehead atoms. The van der Waals surface area contributed by atoms with Crippen molar-refractivity contribution < 1.29 is 9.18 Å². The lowest BCUT2D eigenvalue weighted by molar-refractivity contribution is 0.0795. The molecular weight excluding hydrogens is 229 g/mol. The Hall–Kier alpha value is -1.09. The van der Waals surface area contributed by atoms with Gasteiger partial charge in [0.2, 0.25) is 0 Å². The van der Waals surface area contributed by atoms with Crippen molar-refractivity contribution >= 4 is 17.5 Å². The van der Waals surface area contributed by atoms with E-state index in [0.29, 0.717) is 12.1 Å². The summed E-state index contributed by atoms with van der Waals surface area (Å²) in [6.45, 7) is 4.00. The van der Waals surface area contributed by atoms with Gasteiger partial charge in [0, 0.05) is 24.5 Å². The number of carbonyl (C=O) groups is 1. The molecule has 2 nitrogen and oxygen atoms in total. The fourth-order valence-electron chi connectivity index (χ4n) is 1.54. The first kappa shape index (κ1) is 13.0. The van der Waals surface area contributed by atoms with Gasteiger partial charge in [-0.15, -0.1) is 11.6 Å². The lowest BCUT2D eigenvalue weighted by atomic mass is 10.1. The number of hydrogen-bond acceptors (Lipinski definition) is 1. The molecule has 0 fully saturated rings. The smallest absolute Gasteiger partial charge is 0.253 e. The maximum Gasteiger partial charge on any atom is 0.253 e. The quantitative estimate of drug-likeness (QED) is 0.748. The third-order valence-electron chi connectivity index (χ3n) is 2.16. The predicted molar refractivity (Wildman–Crippen MR) is 63.4 cm³/mol. The van der Waals surface area contributed by atoms with Crippen LogP contribution in [0.15, 0.2) is 18.2 Å². The average Bonchev–Trinajstić information content (AvgIpc) is 2.13. The molecule has 4 heteroatoms. The largest absolute Gasteiger partial charge is 0.340 e. The van der Waals surface area contributed by atoms with Crippen LogP contribution in [0.2, 0.25) is 0 Å². The minimum atomic E-state index is -0.393. The van der Waals surface area contributed by atoms with E-state index < -0.39 is 5.82 Å². The summed E-state index contributed by atoms with van der Waals surface area (Å²) in [7, 11) is 1.65. The Morgan fingerprint density at radius 1 is 1.50 bits per heavy atom. The molecule has 88 valence electrons. The highest BCUT2D eigenvalue weighted by molar-refractivity contribution is 6.20. The van der Waals surface area contributed by atoms with E-state index in [2.05, 4.69) is 0 Å². The maximum atomic E-state index is 13.1. The van der Waals surface area contributed by atoms with Gasteiger partial charge in [0.15, 0.2) is 0 Å². The molecule has 0 heterocycles. The molecule has 0 N–H and O–H groups in total. The number of carbonyl (C=O) groups excluding carboxylic acids is 1. The number of hydrogen-bond donors (Lipinski definition) is 0. The predicted octanol–water partition coefficient (Wildman–Crippen LogP) is 2.83. The van der Waals surface area contributed by atoms with Gasteiger partial charge in [-0.25, -0.2) is 4.39 Å². The van der Waals surface area contributed by atoms with Crippen LogP contribution < -0.4 is 0 Å². The van der Waals surface area contributed by atoms with Crippen LogP contribution in [0.4, 0.5) is 4.39 Å². The van der Waals surface area contributed by atoms with Crippen molar-refractivity contribution in [2.24, 2.45) is 0 Å². The molecule has 0 radical (unpaired) electrons. The van der Waals surface area contributed by atoms with E-state index in [0.717, 1.165) is 5.56 Å². The number of halogens is 2. The topological polar surface area (TPSA) is 20.3 Å². The van der Waals surface area contributed by atoms with Gasteiger partial charge >= 0.3 is 0 Å². The van der Waals surface area contributed by atoms with Crippen molar-refractivity contribution in [1.82, 2.24) is 4.90 Å². The zero-order valence-electron chi connectivity index (χ0n) is 9.63. The molecule has 1 unspecified atom stereocenters. The summed E-state index contributed by atoms with van der Waals surface area (Å²) in [6.07, 6.45) is 0. The van der Waals surface area contributed by atoms with E-state index >= 15 is 0 Å². The summed E-state index contributed by atoms with van der Waals surface area (Å²) in [5, 5.41) is -0.122. The Kier molecular flexibility index (Phi) is 4.30. The normalized spacial score (nSPS) is 12.3. The van der Waals surface area contributed by atoms with Crippen LogP contribution in [0.5, 0.6) is 0 Å². The zero-order chi connectivity index (χ0) is 12.3. The zero-order valence-corrected chi connectivity index (χ0v) is 10.4. The summed E-state index contributed by atoms with van der Waals surface area (Å²) in [5.41, 5.74) is 1.09. The van der Waals surface area contributed by atoms with Crippen LogP contribution in [0.1, 0.15) is 22.8 Å². The van der Waals surface area contributed by atoms with Crippen molar-refractivity contribution in [2.75, 3.05) is 13.6 Å². The lowest BCUT2D eigenvalue weighted by Gasteiger charge is -2.18. The van der Waals surface area contributed by atoms with E-state index in [1.807, 2.05) is 6.92 Å². The van der Waals surface area contributed by atoms with E-state index in [1.165, 1.54) is 17.0 Å². The van der Waals surface area contributed by atoms with Gasteiger partial charge in [-0.1, -0.05) is 0 Å². The third kappa shape index (κ3) is 3.49. The molecule has 1 aromatic rings. The Labute approximate surface area is 100 Å². The van der Waals surface area contributed by atoms with Gasteiger partial charge in [0.1, 0.15) is 5.82 Å². The van der Waals surface area contributed by atoms with Crippen LogP contribution in [0.25, 0.3) is 0 Å². The fourth-order valence-corrected chi connectivity index (χ4v) is 1.75. The highest BCUT2D eigenvalue weighted by Crippen LogP contribution is 2.11. The van der Waals surface area contributed by atoms with Crippen LogP contribution >= 0.6 is 11.6 Å². The molecule has 1 atom stereocenters. The van der Waals surface area contributed by atoms with Crippen molar-refractivity contribution in [3.8, 4) is 0 Å². The van der Waals surface area contributed by atoms with Crippen LogP contribution in [-0.4, -0.2) is 29.8 Å². The van der Waals surface area contributed by atoms with E-state index in [-0.39, 0.29) is 11.3 Å². The molecule has 1 rings (SSSR count). The van der Waals surface area contributed by atoms with Crippen LogP contribution in [0, 0.1) is 12.7 Å². The highest BCUT2D eigenvalue weighted by atomic mass is 35.5. The number of alkyl halides is 1. The Bertz CT molecular complexity index is 372. The highest BCUT2D eigenvalue weighted by Gasteiger charge is 2.14. The van der Waals surface area contributed by atoms with E-state index in [9.17, 15) is 9.18 Å². The standard InChI is InChI=1S/C12H15ClFNO/c1-8-4-10(6-11(14)5-8)12(16)15(3)7-9(2)13/h4-6,9H,7H2,1-3H3. The molecule has 0 saturated heterocycles. The summed E-state index contributed by atoms with van der Waals surface area (Å²) in [4.78, 5) is 13.4. The monoisotopic (exact) mass is 243 g/mol. The van der Waals surface area contributed by atoms with Gasteiger partial charge in [-0.2, -0.15) is 0 Å². The second-order valence-corrected chi connectivity index (χ2v) is 4.73. The number of aryl methyl sites for hydroxylation is 1. The molecule has 0 aromatic heterocycles. The molecule has 1 amide bonds. The maximum absolute atomic E-state index is 13.1. The molecule has 0 aliphatic heterocycles. The molecule has 0 aliphatic carbocycles. The Balaban J connectivity index is 2.87. The molecule has 0 aliphatic rings. The SMILES string of the molecule is Cc1cc(F)cc(C(=O)N(C)CC(C)Cl)c1. The number of amides is 1. The molecule has 0 saturated carbocycles. The van der Waals surface area contributed by atoms with E-state index in [1.54, 1.807) is 20.0 Å². The van der Waals surface area contributed by atoms with Crippen LogP contribution in [-0.2, 0) is 0 Å². The van der Waals surface area contributed by atoms with Gasteiger partial charge in [0.25, 0.3) is 5.91 Å². The first-order chi connectivity index (χ1) is 7.40. The average molecular weight is 244 g/mol. The molecule has 1 aromatic carbocycles. The first-order valence-electron chi connectivity index (χ1n) is 5.07. The van der Waals surface area contributed by atoms with Gasteiger partial charge in [0.05, 0.1) is 0 Å². The van der Waals surface area contributed by atoms with Gasteiger partial charge in [-0.3, -0.25) is 4.79 Å². The number of benzene rings is 1. The summed E-state index contributed by atoms with van der Waals surface area (Å²) in [5.74, 6) is -0.606. The second-order valence-electron chi connectivity index (χ2n) is 3.98. The minimum Gasteiger partial charge on any atom is -0.340 e. The van der Waals surface area contributed by atoms with E-state index in [4.69, 9.17) is 11.6 Å². The number of rotatable bonds is 3. The van der Waals surface area contributed by atoms with Crippen molar-refractivity contribution in [3.63, 3.8) is 0 Å². The molecule has 0 spiro atoms. The minimum absolute atomic E-state index is 0.122. The fraction of sp³-hybridized carbons (Fsp3) is 0.417. The van der Waals surface area contributed by atoms with Gasteiger partial charge in [-0.05, 0) is 37.6 Å². The lowest BCUT2D eigenvalue weighted by Crippen LogP contribution is -2.31. The summed E-state index contributed by atoms with van der Waals surface area (Å²) < 4.78 is 13.1.